The predicted octanol–water partition coefficient (Wildman–Crippen LogP) is 1.77. The average Bonchev–Trinajstić information content (AvgIpc) is 2.88. The summed E-state index contributed by atoms with van der Waals surface area (Å²) in [5.74, 6) is 0.748. The van der Waals surface area contributed by atoms with Gasteiger partial charge in [0.05, 0.1) is 16.4 Å². The number of carbonyl (C=O) groups excluding carboxylic acids is 1. The van der Waals surface area contributed by atoms with E-state index in [0.29, 0.717) is 18.1 Å². The van der Waals surface area contributed by atoms with E-state index in [9.17, 15) is 4.79 Å². The van der Waals surface area contributed by atoms with Gasteiger partial charge in [0, 0.05) is 50.9 Å². The normalized spacial score (nSPS) is 15.4. The van der Waals surface area contributed by atoms with Crippen LogP contribution in [-0.4, -0.2) is 33.8 Å². The van der Waals surface area contributed by atoms with E-state index in [4.69, 9.17) is 17.3 Å². The summed E-state index contributed by atoms with van der Waals surface area (Å²) in [6, 6.07) is 4.02. The molecule has 0 unspecified atom stereocenters. The van der Waals surface area contributed by atoms with Crippen molar-refractivity contribution >= 4 is 23.3 Å². The Balaban J connectivity index is 1.63. The number of rotatable bonds is 6. The number of carbonyl (C=O) groups is 1. The second kappa shape index (κ2) is 8.05. The fraction of sp³-hybridized carbons (Fsp3) is 0.500. The van der Waals surface area contributed by atoms with Gasteiger partial charge >= 0.3 is 0 Å². The molecule has 2 aromatic rings. The van der Waals surface area contributed by atoms with Gasteiger partial charge in [-0.2, -0.15) is 5.10 Å². The van der Waals surface area contributed by atoms with Crippen LogP contribution in [0, 0.1) is 12.8 Å². The van der Waals surface area contributed by atoms with Gasteiger partial charge in [-0.25, -0.2) is 4.98 Å². The van der Waals surface area contributed by atoms with Crippen molar-refractivity contribution < 1.29 is 4.79 Å². The molecule has 140 valence electrons. The van der Waals surface area contributed by atoms with Gasteiger partial charge in [0.15, 0.2) is 0 Å². The molecule has 26 heavy (non-hydrogen) atoms. The molecule has 1 aliphatic rings. The molecular weight excluding hydrogens is 352 g/mol. The van der Waals surface area contributed by atoms with Gasteiger partial charge in [0.2, 0.25) is 5.91 Å². The Hall–Kier alpha value is -2.12. The quantitative estimate of drug-likeness (QED) is 0.802. The summed E-state index contributed by atoms with van der Waals surface area (Å²) < 4.78 is 1.81. The minimum atomic E-state index is -0.198. The number of nitrogens with zero attached hydrogens (tertiary/aromatic N) is 4. The first kappa shape index (κ1) is 18.7. The Morgan fingerprint density at radius 3 is 2.73 bits per heavy atom. The second-order valence-electron chi connectivity index (χ2n) is 6.72. The number of halogens is 1. The van der Waals surface area contributed by atoms with Crippen LogP contribution in [0.1, 0.15) is 29.8 Å². The molecule has 1 amide bonds. The lowest BCUT2D eigenvalue weighted by Gasteiger charge is -2.32. The van der Waals surface area contributed by atoms with Crippen molar-refractivity contribution in [2.75, 3.05) is 18.0 Å². The van der Waals surface area contributed by atoms with Crippen LogP contribution in [0.2, 0.25) is 5.02 Å². The van der Waals surface area contributed by atoms with E-state index in [2.05, 4.69) is 26.4 Å². The third kappa shape index (κ3) is 3.99. The number of nitrogens with two attached hydrogens (primary N) is 1. The molecule has 3 N–H and O–H groups in total. The maximum atomic E-state index is 11.4. The molecular formula is C18H25ClN6O. The zero-order chi connectivity index (χ0) is 18.7. The number of primary amides is 1. The Labute approximate surface area is 158 Å². The SMILES string of the molecule is Cc1nn(C)c(CNCc2cccnc2N2CCC(C(N)=O)CC2)c1Cl. The molecule has 1 fully saturated rings. The van der Waals surface area contributed by atoms with Crippen molar-refractivity contribution in [2.24, 2.45) is 18.7 Å². The minimum Gasteiger partial charge on any atom is -0.369 e. The van der Waals surface area contributed by atoms with Gasteiger partial charge in [-0.05, 0) is 25.8 Å². The first-order valence-electron chi connectivity index (χ1n) is 8.84. The third-order valence-electron chi connectivity index (χ3n) is 4.93. The number of nitrogens with one attached hydrogen (secondary N) is 1. The molecule has 0 aliphatic carbocycles. The highest BCUT2D eigenvalue weighted by Gasteiger charge is 2.24. The van der Waals surface area contributed by atoms with E-state index in [1.807, 2.05) is 24.7 Å². The molecule has 0 aromatic carbocycles. The molecule has 0 bridgehead atoms. The molecule has 7 nitrogen and oxygen atoms in total. The van der Waals surface area contributed by atoms with Gasteiger partial charge in [-0.3, -0.25) is 9.48 Å². The van der Waals surface area contributed by atoms with E-state index in [0.717, 1.165) is 48.7 Å². The van der Waals surface area contributed by atoms with E-state index in [1.165, 1.54) is 0 Å². The molecule has 3 heterocycles. The fourth-order valence-corrected chi connectivity index (χ4v) is 3.64. The van der Waals surface area contributed by atoms with E-state index >= 15 is 0 Å². The smallest absolute Gasteiger partial charge is 0.220 e. The van der Waals surface area contributed by atoms with Crippen LogP contribution in [0.15, 0.2) is 18.3 Å². The van der Waals surface area contributed by atoms with Gasteiger partial charge in [-0.15, -0.1) is 0 Å². The maximum Gasteiger partial charge on any atom is 0.220 e. The zero-order valence-corrected chi connectivity index (χ0v) is 16.0. The van der Waals surface area contributed by atoms with Crippen molar-refractivity contribution in [3.05, 3.63) is 40.3 Å². The monoisotopic (exact) mass is 376 g/mol. The molecule has 1 saturated heterocycles. The lowest BCUT2D eigenvalue weighted by molar-refractivity contribution is -0.122. The number of hydrogen-bond acceptors (Lipinski definition) is 5. The third-order valence-corrected chi connectivity index (χ3v) is 5.43. The number of anilines is 1. The fourth-order valence-electron chi connectivity index (χ4n) is 3.42. The average molecular weight is 377 g/mol. The summed E-state index contributed by atoms with van der Waals surface area (Å²) in [6.45, 7) is 4.81. The second-order valence-corrected chi connectivity index (χ2v) is 7.10. The summed E-state index contributed by atoms with van der Waals surface area (Å²) in [6.07, 6.45) is 3.37. The zero-order valence-electron chi connectivity index (χ0n) is 15.2. The Bertz CT molecular complexity index is 782. The van der Waals surface area contributed by atoms with Crippen molar-refractivity contribution in [2.45, 2.75) is 32.9 Å². The molecule has 0 radical (unpaired) electrons. The number of hydrogen-bond donors (Lipinski definition) is 2. The number of aromatic nitrogens is 3. The highest BCUT2D eigenvalue weighted by molar-refractivity contribution is 6.31. The lowest BCUT2D eigenvalue weighted by Crippen LogP contribution is -2.39. The van der Waals surface area contributed by atoms with Crippen LogP contribution < -0.4 is 16.0 Å². The number of aryl methyl sites for hydroxylation is 2. The maximum absolute atomic E-state index is 11.4. The van der Waals surface area contributed by atoms with Crippen molar-refractivity contribution in [3.63, 3.8) is 0 Å². The van der Waals surface area contributed by atoms with Crippen LogP contribution in [-0.2, 0) is 24.9 Å². The molecule has 2 aromatic heterocycles. The van der Waals surface area contributed by atoms with E-state index in [1.54, 1.807) is 6.20 Å². The molecule has 3 rings (SSSR count). The Kier molecular flexibility index (Phi) is 5.78. The summed E-state index contributed by atoms with van der Waals surface area (Å²) in [5.41, 5.74) is 8.36. The highest BCUT2D eigenvalue weighted by Crippen LogP contribution is 2.25. The molecule has 1 aliphatic heterocycles. The summed E-state index contributed by atoms with van der Waals surface area (Å²) in [4.78, 5) is 18.2. The number of amides is 1. The topological polar surface area (TPSA) is 89.1 Å². The number of pyridine rings is 1. The first-order valence-corrected chi connectivity index (χ1v) is 9.22. The van der Waals surface area contributed by atoms with Crippen molar-refractivity contribution in [3.8, 4) is 0 Å². The predicted molar refractivity (Wildman–Crippen MR) is 102 cm³/mol. The Morgan fingerprint density at radius 2 is 2.12 bits per heavy atom. The van der Waals surface area contributed by atoms with Crippen LogP contribution in [0.4, 0.5) is 5.82 Å². The minimum absolute atomic E-state index is 0.0215. The van der Waals surface area contributed by atoms with Gasteiger partial charge in [0.25, 0.3) is 0 Å². The summed E-state index contributed by atoms with van der Waals surface area (Å²) >= 11 is 6.31. The largest absolute Gasteiger partial charge is 0.369 e. The molecule has 8 heteroatoms. The Morgan fingerprint density at radius 1 is 1.38 bits per heavy atom. The molecule has 0 atom stereocenters. The molecule has 0 saturated carbocycles. The van der Waals surface area contributed by atoms with Crippen molar-refractivity contribution in [1.82, 2.24) is 20.1 Å². The van der Waals surface area contributed by atoms with Gasteiger partial charge in [0.1, 0.15) is 5.82 Å². The standard InChI is InChI=1S/C18H25ClN6O/c1-12-16(19)15(24(2)23-12)11-21-10-14-4-3-7-22-18(14)25-8-5-13(6-9-25)17(20)26/h3-4,7,13,21H,5-6,8-11H2,1-2H3,(H2,20,26). The summed E-state index contributed by atoms with van der Waals surface area (Å²) in [5, 5.41) is 8.48. The van der Waals surface area contributed by atoms with E-state index < -0.39 is 0 Å². The van der Waals surface area contributed by atoms with Gasteiger partial charge in [-0.1, -0.05) is 17.7 Å². The van der Waals surface area contributed by atoms with Crippen LogP contribution in [0.25, 0.3) is 0 Å². The summed E-state index contributed by atoms with van der Waals surface area (Å²) in [7, 11) is 1.90. The van der Waals surface area contributed by atoms with Crippen LogP contribution in [0.5, 0.6) is 0 Å². The van der Waals surface area contributed by atoms with Gasteiger partial charge < -0.3 is 16.0 Å². The number of piperidine rings is 1. The highest BCUT2D eigenvalue weighted by atomic mass is 35.5. The van der Waals surface area contributed by atoms with E-state index in [-0.39, 0.29) is 11.8 Å². The van der Waals surface area contributed by atoms with Crippen molar-refractivity contribution in [1.29, 1.82) is 0 Å². The lowest BCUT2D eigenvalue weighted by atomic mass is 9.96. The van der Waals surface area contributed by atoms with Crippen LogP contribution >= 0.6 is 11.6 Å². The molecule has 0 spiro atoms. The first-order chi connectivity index (χ1) is 12.5. The van der Waals surface area contributed by atoms with Crippen LogP contribution in [0.3, 0.4) is 0 Å².